The van der Waals surface area contributed by atoms with Crippen LogP contribution in [0.1, 0.15) is 25.8 Å². The van der Waals surface area contributed by atoms with Gasteiger partial charge in [0, 0.05) is 6.42 Å². The van der Waals surface area contributed by atoms with E-state index in [2.05, 4.69) is 6.92 Å². The van der Waals surface area contributed by atoms with E-state index in [1.807, 2.05) is 24.3 Å². The number of hydrogen-bond acceptors (Lipinski definition) is 2. The minimum Gasteiger partial charge on any atom is -0.493 e. The number of rotatable bonds is 5. The molecule has 0 saturated heterocycles. The summed E-state index contributed by atoms with van der Waals surface area (Å²) < 4.78 is 5.58. The van der Waals surface area contributed by atoms with Gasteiger partial charge in [-0.3, -0.25) is 0 Å². The molecule has 1 atom stereocenters. The van der Waals surface area contributed by atoms with Crippen molar-refractivity contribution in [2.24, 2.45) is 0 Å². The Morgan fingerprint density at radius 2 is 2.07 bits per heavy atom. The zero-order valence-electron chi connectivity index (χ0n) is 8.86. The third-order valence-electron chi connectivity index (χ3n) is 1.95. The van der Waals surface area contributed by atoms with Crippen LogP contribution in [0.2, 0.25) is 0 Å². The summed E-state index contributed by atoms with van der Waals surface area (Å²) in [5.74, 6) is 0.898. The van der Waals surface area contributed by atoms with Crippen molar-refractivity contribution in [1.29, 1.82) is 0 Å². The molecule has 0 heterocycles. The first-order chi connectivity index (χ1) is 6.74. The van der Waals surface area contributed by atoms with Crippen LogP contribution >= 0.6 is 0 Å². The molecule has 1 aromatic carbocycles. The van der Waals surface area contributed by atoms with E-state index >= 15 is 0 Å². The van der Waals surface area contributed by atoms with Crippen molar-refractivity contribution in [3.8, 4) is 5.75 Å². The molecule has 1 aromatic rings. The summed E-state index contributed by atoms with van der Waals surface area (Å²) in [4.78, 5) is 0. The fourth-order valence-corrected chi connectivity index (χ4v) is 1.34. The molecule has 0 aromatic heterocycles. The average molecular weight is 194 g/mol. The van der Waals surface area contributed by atoms with Gasteiger partial charge in [0.25, 0.3) is 0 Å². The Morgan fingerprint density at radius 3 is 2.71 bits per heavy atom. The fourth-order valence-electron chi connectivity index (χ4n) is 1.34. The molecule has 0 spiro atoms. The van der Waals surface area contributed by atoms with Gasteiger partial charge in [-0.15, -0.1) is 0 Å². The Bertz CT molecular complexity index is 269. The number of para-hydroxylation sites is 1. The summed E-state index contributed by atoms with van der Waals surface area (Å²) >= 11 is 0. The number of aliphatic hydroxyl groups excluding tert-OH is 1. The second-order valence-electron chi connectivity index (χ2n) is 3.51. The summed E-state index contributed by atoms with van der Waals surface area (Å²) in [7, 11) is 0. The summed E-state index contributed by atoms with van der Waals surface area (Å²) in [5, 5.41) is 9.30. The molecule has 0 saturated carbocycles. The average Bonchev–Trinajstić information content (AvgIpc) is 2.16. The van der Waals surface area contributed by atoms with Crippen LogP contribution in [-0.2, 0) is 6.42 Å². The Hall–Kier alpha value is -1.02. The van der Waals surface area contributed by atoms with E-state index < -0.39 is 0 Å². The van der Waals surface area contributed by atoms with Crippen LogP contribution in [0.5, 0.6) is 5.75 Å². The smallest absolute Gasteiger partial charge is 0.122 e. The van der Waals surface area contributed by atoms with E-state index in [1.54, 1.807) is 6.92 Å². The molecule has 0 aliphatic heterocycles. The molecule has 1 N–H and O–H groups in total. The van der Waals surface area contributed by atoms with Crippen molar-refractivity contribution < 1.29 is 9.84 Å². The molecule has 0 aliphatic carbocycles. The van der Waals surface area contributed by atoms with Crippen molar-refractivity contribution in [2.75, 3.05) is 6.61 Å². The quantitative estimate of drug-likeness (QED) is 0.780. The highest BCUT2D eigenvalue weighted by Gasteiger charge is 2.05. The lowest BCUT2D eigenvalue weighted by Crippen LogP contribution is -2.06. The highest BCUT2D eigenvalue weighted by Crippen LogP contribution is 2.19. The van der Waals surface area contributed by atoms with Crippen molar-refractivity contribution in [3.63, 3.8) is 0 Å². The Balaban J connectivity index is 2.69. The summed E-state index contributed by atoms with van der Waals surface area (Å²) in [6.45, 7) is 4.60. The Morgan fingerprint density at radius 1 is 1.36 bits per heavy atom. The zero-order valence-corrected chi connectivity index (χ0v) is 8.86. The zero-order chi connectivity index (χ0) is 10.4. The number of aliphatic hydroxyl groups is 1. The molecule has 0 bridgehead atoms. The van der Waals surface area contributed by atoms with Gasteiger partial charge in [-0.05, 0) is 25.0 Å². The predicted octanol–water partition coefficient (Wildman–Crippen LogP) is 2.40. The minimum absolute atomic E-state index is 0.318. The van der Waals surface area contributed by atoms with Crippen LogP contribution in [-0.4, -0.2) is 17.8 Å². The second-order valence-corrected chi connectivity index (χ2v) is 3.51. The molecular formula is C12H18O2. The molecule has 1 rings (SSSR count). The standard InChI is InChI=1S/C12H18O2/c1-3-8-14-12-7-5-4-6-11(12)9-10(2)13/h4-7,10,13H,3,8-9H2,1-2H3/t10-/m0/s1. The van der Waals surface area contributed by atoms with Crippen LogP contribution in [0, 0.1) is 0 Å². The van der Waals surface area contributed by atoms with Gasteiger partial charge in [0.1, 0.15) is 5.75 Å². The maximum absolute atomic E-state index is 9.30. The SMILES string of the molecule is CCCOc1ccccc1C[C@H](C)O. The number of hydrogen-bond donors (Lipinski definition) is 1. The van der Waals surface area contributed by atoms with Crippen molar-refractivity contribution in [1.82, 2.24) is 0 Å². The van der Waals surface area contributed by atoms with Crippen LogP contribution in [0.4, 0.5) is 0 Å². The lowest BCUT2D eigenvalue weighted by atomic mass is 10.1. The third kappa shape index (κ3) is 3.38. The van der Waals surface area contributed by atoms with Gasteiger partial charge in [0.05, 0.1) is 12.7 Å². The molecule has 0 radical (unpaired) electrons. The van der Waals surface area contributed by atoms with Gasteiger partial charge in [0.15, 0.2) is 0 Å². The van der Waals surface area contributed by atoms with Crippen molar-refractivity contribution in [3.05, 3.63) is 29.8 Å². The molecule has 14 heavy (non-hydrogen) atoms. The first kappa shape index (κ1) is 11.1. The highest BCUT2D eigenvalue weighted by atomic mass is 16.5. The van der Waals surface area contributed by atoms with E-state index in [0.717, 1.165) is 24.3 Å². The second kappa shape index (κ2) is 5.66. The largest absolute Gasteiger partial charge is 0.493 e. The molecule has 0 fully saturated rings. The highest BCUT2D eigenvalue weighted by molar-refractivity contribution is 5.33. The number of benzene rings is 1. The van der Waals surface area contributed by atoms with Gasteiger partial charge < -0.3 is 9.84 Å². The molecular weight excluding hydrogens is 176 g/mol. The van der Waals surface area contributed by atoms with E-state index in [9.17, 15) is 5.11 Å². The van der Waals surface area contributed by atoms with Crippen LogP contribution in [0.3, 0.4) is 0 Å². The van der Waals surface area contributed by atoms with Crippen LogP contribution in [0.15, 0.2) is 24.3 Å². The van der Waals surface area contributed by atoms with E-state index in [-0.39, 0.29) is 6.10 Å². The first-order valence-electron chi connectivity index (χ1n) is 5.12. The Kier molecular flexibility index (Phi) is 4.47. The summed E-state index contributed by atoms with van der Waals surface area (Å²) in [6.07, 6.45) is 1.34. The fraction of sp³-hybridized carbons (Fsp3) is 0.500. The predicted molar refractivity (Wildman–Crippen MR) is 57.6 cm³/mol. The Labute approximate surface area is 85.5 Å². The molecule has 0 unspecified atom stereocenters. The topological polar surface area (TPSA) is 29.5 Å². The minimum atomic E-state index is -0.318. The maximum atomic E-state index is 9.30. The molecule has 0 aliphatic rings. The molecule has 2 nitrogen and oxygen atoms in total. The van der Waals surface area contributed by atoms with Gasteiger partial charge in [0.2, 0.25) is 0 Å². The van der Waals surface area contributed by atoms with Crippen molar-refractivity contribution in [2.45, 2.75) is 32.8 Å². The number of ether oxygens (including phenoxy) is 1. The van der Waals surface area contributed by atoms with Gasteiger partial charge in [-0.2, -0.15) is 0 Å². The van der Waals surface area contributed by atoms with Gasteiger partial charge >= 0.3 is 0 Å². The molecule has 0 amide bonds. The molecule has 78 valence electrons. The normalized spacial score (nSPS) is 12.5. The van der Waals surface area contributed by atoms with E-state index in [4.69, 9.17) is 4.74 Å². The van der Waals surface area contributed by atoms with E-state index in [1.165, 1.54) is 0 Å². The lowest BCUT2D eigenvalue weighted by Gasteiger charge is -2.11. The van der Waals surface area contributed by atoms with Crippen molar-refractivity contribution >= 4 is 0 Å². The van der Waals surface area contributed by atoms with Crippen LogP contribution in [0.25, 0.3) is 0 Å². The summed E-state index contributed by atoms with van der Waals surface area (Å²) in [6, 6.07) is 7.87. The van der Waals surface area contributed by atoms with Gasteiger partial charge in [-0.1, -0.05) is 25.1 Å². The van der Waals surface area contributed by atoms with Crippen LogP contribution < -0.4 is 4.74 Å². The first-order valence-corrected chi connectivity index (χ1v) is 5.12. The van der Waals surface area contributed by atoms with E-state index in [0.29, 0.717) is 6.42 Å². The summed E-state index contributed by atoms with van der Waals surface area (Å²) in [5.41, 5.74) is 1.08. The van der Waals surface area contributed by atoms with Gasteiger partial charge in [-0.25, -0.2) is 0 Å². The molecule has 2 heteroatoms. The third-order valence-corrected chi connectivity index (χ3v) is 1.95. The maximum Gasteiger partial charge on any atom is 0.122 e. The lowest BCUT2D eigenvalue weighted by molar-refractivity contribution is 0.193. The monoisotopic (exact) mass is 194 g/mol.